The lowest BCUT2D eigenvalue weighted by Crippen LogP contribution is -2.47. The zero-order valence-electron chi connectivity index (χ0n) is 22.9. The number of benzene rings is 1. The Bertz CT molecular complexity index is 1120. The van der Waals surface area contributed by atoms with Crippen molar-refractivity contribution in [2.75, 3.05) is 32.8 Å². The van der Waals surface area contributed by atoms with Gasteiger partial charge in [-0.1, -0.05) is 18.2 Å². The number of hydrogen-bond acceptors (Lipinski definition) is 9. The van der Waals surface area contributed by atoms with Crippen LogP contribution in [0.25, 0.3) is 0 Å². The van der Waals surface area contributed by atoms with E-state index in [0.29, 0.717) is 44.6 Å². The summed E-state index contributed by atoms with van der Waals surface area (Å²) in [6.07, 6.45) is 7.73. The molecule has 40 heavy (non-hydrogen) atoms. The Morgan fingerprint density at radius 1 is 1.10 bits per heavy atom. The molecule has 4 rings (SSSR count). The summed E-state index contributed by atoms with van der Waals surface area (Å²) in [5.41, 5.74) is 1.33. The Labute approximate surface area is 246 Å². The molecule has 2 heterocycles. The van der Waals surface area contributed by atoms with Crippen molar-refractivity contribution in [2.24, 2.45) is 5.92 Å². The number of ether oxygens (including phenoxy) is 2. The van der Waals surface area contributed by atoms with Crippen molar-refractivity contribution in [3.8, 4) is 0 Å². The van der Waals surface area contributed by atoms with Crippen LogP contribution >= 0.6 is 25.0 Å². The van der Waals surface area contributed by atoms with Crippen LogP contribution in [0.15, 0.2) is 48.4 Å². The highest BCUT2D eigenvalue weighted by Gasteiger charge is 2.41. The molecule has 1 saturated heterocycles. The fourth-order valence-corrected chi connectivity index (χ4v) is 5.16. The molecule has 2 fully saturated rings. The molecule has 0 N–H and O–H groups in total. The number of rotatable bonds is 11. The summed E-state index contributed by atoms with van der Waals surface area (Å²) >= 11 is 4.81. The second-order valence-corrected chi connectivity index (χ2v) is 10.4. The third-order valence-corrected chi connectivity index (χ3v) is 7.58. The molecule has 220 valence electrons. The van der Waals surface area contributed by atoms with Crippen molar-refractivity contribution in [1.29, 1.82) is 0 Å². The molecule has 1 aliphatic carbocycles. The van der Waals surface area contributed by atoms with Crippen LogP contribution < -0.4 is 0 Å². The highest BCUT2D eigenvalue weighted by Crippen LogP contribution is 2.39. The van der Waals surface area contributed by atoms with Crippen molar-refractivity contribution in [3.05, 3.63) is 59.8 Å². The number of nitrogens with zero attached hydrogens (tertiary/aromatic N) is 4. The Morgan fingerprint density at radius 2 is 1.82 bits per heavy atom. The van der Waals surface area contributed by atoms with E-state index < -0.39 is 12.1 Å². The van der Waals surface area contributed by atoms with Crippen LogP contribution in [0.1, 0.15) is 57.6 Å². The van der Waals surface area contributed by atoms with Gasteiger partial charge >= 0.3 is 12.1 Å². The molecule has 1 aromatic rings. The highest BCUT2D eigenvalue weighted by atomic mass is 35.5. The van der Waals surface area contributed by atoms with E-state index in [4.69, 9.17) is 22.1 Å². The van der Waals surface area contributed by atoms with E-state index in [2.05, 4.69) is 0 Å². The molecule has 1 saturated carbocycles. The van der Waals surface area contributed by atoms with Gasteiger partial charge in [-0.25, -0.2) is 9.18 Å². The minimum absolute atomic E-state index is 0. The number of likely N-dealkylation sites (tertiary alicyclic amines) is 1. The van der Waals surface area contributed by atoms with E-state index in [9.17, 15) is 18.8 Å². The molecular formula is C28H38ClFN4O5S. The van der Waals surface area contributed by atoms with E-state index in [0.717, 1.165) is 18.4 Å². The van der Waals surface area contributed by atoms with Crippen LogP contribution in [0.5, 0.6) is 0 Å². The summed E-state index contributed by atoms with van der Waals surface area (Å²) in [7, 11) is 0. The van der Waals surface area contributed by atoms with Crippen molar-refractivity contribution in [1.82, 2.24) is 20.0 Å². The first-order valence-corrected chi connectivity index (χ1v) is 14.1. The zero-order chi connectivity index (χ0) is 27.9. The topological polar surface area (TPSA) is 82.6 Å². The smallest absolute Gasteiger partial charge is 0.430 e. The number of esters is 1. The van der Waals surface area contributed by atoms with E-state index in [1.54, 1.807) is 54.6 Å². The Hall–Kier alpha value is -2.60. The lowest BCUT2D eigenvalue weighted by atomic mass is 9.94. The average molecular weight is 597 g/mol. The molecule has 2 unspecified atom stereocenters. The van der Waals surface area contributed by atoms with Crippen molar-refractivity contribution in [3.63, 3.8) is 0 Å². The summed E-state index contributed by atoms with van der Waals surface area (Å²) in [5, 5.41) is 4.74. The van der Waals surface area contributed by atoms with E-state index >= 15 is 0 Å². The number of hydrazine groups is 2. The molecule has 2 aliphatic heterocycles. The molecule has 0 radical (unpaired) electrons. The lowest BCUT2D eigenvalue weighted by Gasteiger charge is -2.39. The first-order valence-electron chi connectivity index (χ1n) is 13.6. The van der Waals surface area contributed by atoms with Gasteiger partial charge in [0.1, 0.15) is 5.82 Å². The first kappa shape index (κ1) is 31.9. The second kappa shape index (κ2) is 14.9. The number of amides is 1. The van der Waals surface area contributed by atoms with E-state index in [1.807, 2.05) is 11.1 Å². The number of ketones is 1. The van der Waals surface area contributed by atoms with Crippen molar-refractivity contribution < 1.29 is 28.2 Å². The van der Waals surface area contributed by atoms with Gasteiger partial charge in [-0.05, 0) is 51.2 Å². The number of thiol groups is 1. The fraction of sp³-hybridized carbons (Fsp3) is 0.536. The Morgan fingerprint density at radius 3 is 2.50 bits per heavy atom. The largest absolute Gasteiger partial charge is 0.466 e. The van der Waals surface area contributed by atoms with E-state index in [-0.39, 0.29) is 54.2 Å². The number of hydrogen-bond donors (Lipinski definition) is 1. The molecule has 12 heteroatoms. The van der Waals surface area contributed by atoms with Gasteiger partial charge in [0.05, 0.1) is 19.3 Å². The third-order valence-electron chi connectivity index (χ3n) is 6.99. The van der Waals surface area contributed by atoms with Gasteiger partial charge in [0.2, 0.25) is 0 Å². The maximum absolute atomic E-state index is 14.9. The van der Waals surface area contributed by atoms with Gasteiger partial charge in [-0.3, -0.25) is 19.5 Å². The third kappa shape index (κ3) is 7.78. The second-order valence-electron chi connectivity index (χ2n) is 9.81. The molecule has 9 nitrogen and oxygen atoms in total. The van der Waals surface area contributed by atoms with Gasteiger partial charge < -0.3 is 9.47 Å². The fourth-order valence-electron chi connectivity index (χ4n) is 4.90. The number of piperidine rings is 1. The van der Waals surface area contributed by atoms with Gasteiger partial charge in [-0.15, -0.1) is 17.5 Å². The van der Waals surface area contributed by atoms with Gasteiger partial charge in [0.25, 0.3) is 0 Å². The number of carbonyl (C=O) groups is 3. The van der Waals surface area contributed by atoms with Crippen LogP contribution in [-0.2, 0) is 19.1 Å². The maximum atomic E-state index is 14.9. The predicted molar refractivity (Wildman–Crippen MR) is 154 cm³/mol. The maximum Gasteiger partial charge on any atom is 0.430 e. The normalized spacial score (nSPS) is 21.3. The Balaban J connectivity index is 0.00000441. The summed E-state index contributed by atoms with van der Waals surface area (Å²) < 4.78 is 25.1. The van der Waals surface area contributed by atoms with Crippen LogP contribution in [0.4, 0.5) is 9.18 Å². The zero-order valence-corrected chi connectivity index (χ0v) is 24.6. The Kier molecular flexibility index (Phi) is 11.9. The number of carbonyl (C=O) groups excluding carboxylic acids is 3. The van der Waals surface area contributed by atoms with Crippen LogP contribution in [0, 0.1) is 11.7 Å². The minimum atomic E-state index is -0.659. The lowest BCUT2D eigenvalue weighted by molar-refractivity contribution is -0.143. The summed E-state index contributed by atoms with van der Waals surface area (Å²) in [4.78, 5) is 39.9. The molecule has 0 spiro atoms. The van der Waals surface area contributed by atoms with Crippen molar-refractivity contribution in [2.45, 2.75) is 57.2 Å². The highest BCUT2D eigenvalue weighted by molar-refractivity contribution is 7.81. The van der Waals surface area contributed by atoms with Crippen LogP contribution in [0.2, 0.25) is 0 Å². The monoisotopic (exact) mass is 596 g/mol. The molecule has 2 atom stereocenters. The molecule has 0 aromatic heterocycles. The van der Waals surface area contributed by atoms with Gasteiger partial charge in [-0.2, -0.15) is 17.6 Å². The average Bonchev–Trinajstić information content (AvgIpc) is 3.69. The molecule has 1 amide bonds. The summed E-state index contributed by atoms with van der Waals surface area (Å²) in [6, 6.07) is 5.84. The van der Waals surface area contributed by atoms with Gasteiger partial charge in [0, 0.05) is 61.4 Å². The SMILES string of the molecule is CCOC(=O)CCCN1N(/C=C2/CN(C(C(=O)C3CC3)c3ccccc3F)CCC2S)C=CN1C(=O)OCC.Cl. The molecular weight excluding hydrogens is 559 g/mol. The van der Waals surface area contributed by atoms with E-state index in [1.165, 1.54) is 11.1 Å². The summed E-state index contributed by atoms with van der Waals surface area (Å²) in [5.74, 6) is -0.636. The standard InChI is InChI=1S/C28H37FN4O5S.ClH/c1-3-37-25(34)10-7-14-33-31(16-17-32(33)28(36)38-4-2)19-21-18-30(15-13-24(21)39)26(27(35)20-11-12-20)22-8-5-6-9-23(22)29;/h5-6,8-9,16-17,19-20,24,26,39H,3-4,7,10-15,18H2,1-2H3;1H/b21-19-;. The number of halogens is 2. The molecule has 0 bridgehead atoms. The first-order chi connectivity index (χ1) is 18.8. The predicted octanol–water partition coefficient (Wildman–Crippen LogP) is 4.88. The number of Topliss-reactive ketones (excluding diaryl/α,β-unsaturated/α-hetero) is 1. The van der Waals surface area contributed by atoms with Crippen LogP contribution in [-0.4, -0.2) is 76.0 Å². The van der Waals surface area contributed by atoms with Crippen molar-refractivity contribution >= 4 is 42.9 Å². The van der Waals surface area contributed by atoms with Crippen LogP contribution in [0.3, 0.4) is 0 Å². The summed E-state index contributed by atoms with van der Waals surface area (Å²) in [6.45, 7) is 5.42. The van der Waals surface area contributed by atoms with Gasteiger partial charge in [0.15, 0.2) is 5.78 Å². The molecule has 3 aliphatic rings. The molecule has 1 aromatic carbocycles. The quantitative estimate of drug-likeness (QED) is 0.286. The minimum Gasteiger partial charge on any atom is -0.466 e.